The highest BCUT2D eigenvalue weighted by atomic mass is 19.1. The SMILES string of the molecule is CCn1nc(C)c(NC(=O)NCC(C)(O)c2ccc(F)cc2)c1C. The van der Waals surface area contributed by atoms with Crippen LogP contribution in [0.1, 0.15) is 30.8 Å². The Morgan fingerprint density at radius 1 is 1.33 bits per heavy atom. The summed E-state index contributed by atoms with van der Waals surface area (Å²) in [6, 6.07) is 5.10. The molecule has 0 radical (unpaired) electrons. The van der Waals surface area contributed by atoms with E-state index in [0.29, 0.717) is 11.3 Å². The summed E-state index contributed by atoms with van der Waals surface area (Å²) in [7, 11) is 0. The van der Waals surface area contributed by atoms with Crippen molar-refractivity contribution < 1.29 is 14.3 Å². The van der Waals surface area contributed by atoms with E-state index in [1.165, 1.54) is 24.3 Å². The molecule has 6 nitrogen and oxygen atoms in total. The van der Waals surface area contributed by atoms with Crippen LogP contribution in [-0.4, -0.2) is 27.5 Å². The van der Waals surface area contributed by atoms with Gasteiger partial charge in [0.1, 0.15) is 11.4 Å². The lowest BCUT2D eigenvalue weighted by molar-refractivity contribution is 0.0599. The van der Waals surface area contributed by atoms with Crippen LogP contribution in [0.3, 0.4) is 0 Å². The molecule has 0 bridgehead atoms. The van der Waals surface area contributed by atoms with Crippen molar-refractivity contribution >= 4 is 11.7 Å². The zero-order valence-corrected chi connectivity index (χ0v) is 14.4. The van der Waals surface area contributed by atoms with Crippen molar-refractivity contribution in [3.8, 4) is 0 Å². The van der Waals surface area contributed by atoms with Crippen molar-refractivity contribution in [1.29, 1.82) is 0 Å². The van der Waals surface area contributed by atoms with Crippen molar-refractivity contribution in [3.05, 3.63) is 47.0 Å². The van der Waals surface area contributed by atoms with Gasteiger partial charge in [0.2, 0.25) is 0 Å². The van der Waals surface area contributed by atoms with Crippen molar-refractivity contribution in [2.75, 3.05) is 11.9 Å². The second-order valence-corrected chi connectivity index (χ2v) is 5.95. The van der Waals surface area contributed by atoms with Crippen LogP contribution in [0, 0.1) is 19.7 Å². The Labute approximate surface area is 140 Å². The van der Waals surface area contributed by atoms with Gasteiger partial charge < -0.3 is 15.7 Å². The molecular formula is C17H23FN4O2. The van der Waals surface area contributed by atoms with Crippen LogP contribution < -0.4 is 10.6 Å². The van der Waals surface area contributed by atoms with Gasteiger partial charge in [-0.3, -0.25) is 4.68 Å². The third-order valence-corrected chi connectivity index (χ3v) is 3.98. The van der Waals surface area contributed by atoms with Crippen LogP contribution in [0.15, 0.2) is 24.3 Å². The molecule has 0 spiro atoms. The van der Waals surface area contributed by atoms with Crippen molar-refractivity contribution in [1.82, 2.24) is 15.1 Å². The molecule has 1 aromatic carbocycles. The summed E-state index contributed by atoms with van der Waals surface area (Å²) in [4.78, 5) is 12.1. The number of urea groups is 1. The van der Waals surface area contributed by atoms with E-state index in [1.807, 2.05) is 20.8 Å². The first-order chi connectivity index (χ1) is 11.2. The van der Waals surface area contributed by atoms with Crippen LogP contribution >= 0.6 is 0 Å². The molecule has 2 amide bonds. The number of aliphatic hydroxyl groups is 1. The van der Waals surface area contributed by atoms with Gasteiger partial charge in [-0.15, -0.1) is 0 Å². The first-order valence-corrected chi connectivity index (χ1v) is 7.82. The predicted octanol–water partition coefficient (Wildman–Crippen LogP) is 2.69. The fourth-order valence-corrected chi connectivity index (χ4v) is 2.51. The Kier molecular flexibility index (Phi) is 5.23. The summed E-state index contributed by atoms with van der Waals surface area (Å²) in [6.45, 7) is 7.95. The number of nitrogens with one attached hydrogen (secondary N) is 2. The first kappa shape index (κ1) is 17.9. The lowest BCUT2D eigenvalue weighted by Crippen LogP contribution is -2.40. The average Bonchev–Trinajstić information content (AvgIpc) is 2.81. The summed E-state index contributed by atoms with van der Waals surface area (Å²) in [6.07, 6.45) is 0. The maximum atomic E-state index is 13.0. The molecule has 0 saturated heterocycles. The normalized spacial score (nSPS) is 13.4. The van der Waals surface area contributed by atoms with Gasteiger partial charge in [-0.2, -0.15) is 5.10 Å². The quantitative estimate of drug-likeness (QED) is 0.786. The smallest absolute Gasteiger partial charge is 0.319 e. The highest BCUT2D eigenvalue weighted by Gasteiger charge is 2.24. The number of anilines is 1. The highest BCUT2D eigenvalue weighted by molar-refractivity contribution is 5.90. The number of amides is 2. The number of aryl methyl sites for hydroxylation is 2. The molecule has 0 aliphatic rings. The number of carbonyl (C=O) groups is 1. The maximum absolute atomic E-state index is 13.0. The van der Waals surface area contributed by atoms with E-state index < -0.39 is 11.6 Å². The van der Waals surface area contributed by atoms with Gasteiger partial charge in [-0.25, -0.2) is 9.18 Å². The maximum Gasteiger partial charge on any atom is 0.319 e. The van der Waals surface area contributed by atoms with Gasteiger partial charge >= 0.3 is 6.03 Å². The van der Waals surface area contributed by atoms with Crippen molar-refractivity contribution in [3.63, 3.8) is 0 Å². The van der Waals surface area contributed by atoms with Gasteiger partial charge in [-0.1, -0.05) is 12.1 Å². The van der Waals surface area contributed by atoms with Gasteiger partial charge in [-0.05, 0) is 45.4 Å². The molecular weight excluding hydrogens is 311 g/mol. The Hall–Kier alpha value is -2.41. The summed E-state index contributed by atoms with van der Waals surface area (Å²) in [5.74, 6) is -0.376. The van der Waals surface area contributed by atoms with E-state index in [1.54, 1.807) is 11.6 Å². The van der Waals surface area contributed by atoms with Crippen molar-refractivity contribution in [2.45, 2.75) is 39.8 Å². The zero-order valence-electron chi connectivity index (χ0n) is 14.4. The Bertz CT molecular complexity index is 723. The topological polar surface area (TPSA) is 79.2 Å². The molecule has 0 saturated carbocycles. The lowest BCUT2D eigenvalue weighted by Gasteiger charge is -2.24. The molecule has 1 aromatic heterocycles. The van der Waals surface area contributed by atoms with Crippen LogP contribution in [0.2, 0.25) is 0 Å². The molecule has 3 N–H and O–H groups in total. The first-order valence-electron chi connectivity index (χ1n) is 7.82. The number of rotatable bonds is 5. The van der Waals surface area contributed by atoms with E-state index in [9.17, 15) is 14.3 Å². The second kappa shape index (κ2) is 7.00. The summed E-state index contributed by atoms with van der Waals surface area (Å²) in [5.41, 5.74) is 1.49. The second-order valence-electron chi connectivity index (χ2n) is 5.95. The lowest BCUT2D eigenvalue weighted by atomic mass is 9.96. The molecule has 24 heavy (non-hydrogen) atoms. The molecule has 0 aliphatic heterocycles. The van der Waals surface area contributed by atoms with E-state index in [4.69, 9.17) is 0 Å². The molecule has 2 rings (SSSR count). The van der Waals surface area contributed by atoms with Crippen LogP contribution in [-0.2, 0) is 12.1 Å². The standard InChI is InChI=1S/C17H23FN4O2/c1-5-22-12(3)15(11(2)21-22)20-16(23)19-10-17(4,24)13-6-8-14(18)9-7-13/h6-9,24H,5,10H2,1-4H3,(H2,19,20,23). The van der Waals surface area contributed by atoms with Gasteiger partial charge in [0.05, 0.1) is 23.6 Å². The fourth-order valence-electron chi connectivity index (χ4n) is 2.51. The van der Waals surface area contributed by atoms with E-state index in [2.05, 4.69) is 15.7 Å². The number of hydrogen-bond donors (Lipinski definition) is 3. The third-order valence-electron chi connectivity index (χ3n) is 3.98. The predicted molar refractivity (Wildman–Crippen MR) is 90.4 cm³/mol. The average molecular weight is 334 g/mol. The largest absolute Gasteiger partial charge is 0.384 e. The third kappa shape index (κ3) is 3.91. The summed E-state index contributed by atoms with van der Waals surface area (Å²) >= 11 is 0. The number of carbonyl (C=O) groups excluding carboxylic acids is 1. The van der Waals surface area contributed by atoms with Crippen molar-refractivity contribution in [2.24, 2.45) is 0 Å². The summed E-state index contributed by atoms with van der Waals surface area (Å²) < 4.78 is 14.8. The Morgan fingerprint density at radius 3 is 2.50 bits per heavy atom. The molecule has 2 aromatic rings. The Balaban J connectivity index is 2.00. The van der Waals surface area contributed by atoms with E-state index in [0.717, 1.165) is 17.9 Å². The van der Waals surface area contributed by atoms with E-state index >= 15 is 0 Å². The minimum atomic E-state index is -1.30. The number of nitrogens with zero attached hydrogens (tertiary/aromatic N) is 2. The molecule has 1 unspecified atom stereocenters. The van der Waals surface area contributed by atoms with Gasteiger partial charge in [0, 0.05) is 6.54 Å². The number of benzene rings is 1. The van der Waals surface area contributed by atoms with Gasteiger partial charge in [0.25, 0.3) is 0 Å². The minimum Gasteiger partial charge on any atom is -0.384 e. The number of aromatic nitrogens is 2. The molecule has 1 atom stereocenters. The fraction of sp³-hybridized carbons (Fsp3) is 0.412. The van der Waals surface area contributed by atoms with Crippen LogP contribution in [0.25, 0.3) is 0 Å². The molecule has 1 heterocycles. The van der Waals surface area contributed by atoms with E-state index in [-0.39, 0.29) is 12.4 Å². The number of hydrogen-bond acceptors (Lipinski definition) is 3. The monoisotopic (exact) mass is 334 g/mol. The molecule has 0 aliphatic carbocycles. The number of halogens is 1. The summed E-state index contributed by atoms with van der Waals surface area (Å²) in [5, 5.41) is 20.2. The highest BCUT2D eigenvalue weighted by Crippen LogP contribution is 2.21. The minimum absolute atomic E-state index is 0.00945. The molecule has 0 fully saturated rings. The molecule has 130 valence electrons. The van der Waals surface area contributed by atoms with Crippen LogP contribution in [0.4, 0.5) is 14.9 Å². The Morgan fingerprint density at radius 2 is 1.96 bits per heavy atom. The van der Waals surface area contributed by atoms with Crippen LogP contribution in [0.5, 0.6) is 0 Å². The zero-order chi connectivity index (χ0) is 17.9. The van der Waals surface area contributed by atoms with Gasteiger partial charge in [0.15, 0.2) is 0 Å². The molecule has 7 heteroatoms.